The lowest BCUT2D eigenvalue weighted by molar-refractivity contribution is -0.150. The fourth-order valence-electron chi connectivity index (χ4n) is 2.48. The molecule has 2 rings (SSSR count). The zero-order valence-electron chi connectivity index (χ0n) is 15.3. The Hall–Kier alpha value is -2.48. The van der Waals surface area contributed by atoms with Crippen LogP contribution in [0, 0.1) is 6.92 Å². The van der Waals surface area contributed by atoms with Gasteiger partial charge in [-0.25, -0.2) is 4.79 Å². The summed E-state index contributed by atoms with van der Waals surface area (Å²) in [5.41, 5.74) is 1.57. The number of benzene rings is 1. The molecule has 1 heterocycles. The number of aryl methyl sites for hydroxylation is 1. The molecule has 7 nitrogen and oxygen atoms in total. The van der Waals surface area contributed by atoms with Crippen molar-refractivity contribution < 1.29 is 28.6 Å². The third-order valence-electron chi connectivity index (χ3n) is 3.90. The van der Waals surface area contributed by atoms with Crippen LogP contribution in [0.3, 0.4) is 0 Å². The Morgan fingerprint density at radius 1 is 1.23 bits per heavy atom. The molecule has 2 amide bonds. The lowest BCUT2D eigenvalue weighted by Gasteiger charge is -2.19. The number of thioether (sulfide) groups is 1. The van der Waals surface area contributed by atoms with E-state index in [0.717, 1.165) is 27.8 Å². The first kappa shape index (κ1) is 19.8. The van der Waals surface area contributed by atoms with Crippen molar-refractivity contribution in [2.45, 2.75) is 26.8 Å². The van der Waals surface area contributed by atoms with Crippen molar-refractivity contribution in [3.05, 3.63) is 28.2 Å². The van der Waals surface area contributed by atoms with Crippen LogP contribution in [0.2, 0.25) is 0 Å². The molecule has 1 aliphatic rings. The Labute approximate surface area is 156 Å². The molecule has 0 aromatic heterocycles. The molecule has 1 atom stereocenters. The molecule has 0 spiro atoms. The lowest BCUT2D eigenvalue weighted by Crippen LogP contribution is -2.42. The van der Waals surface area contributed by atoms with Crippen molar-refractivity contribution >= 4 is 35.0 Å². The van der Waals surface area contributed by atoms with E-state index in [1.807, 2.05) is 6.92 Å². The van der Waals surface area contributed by atoms with Gasteiger partial charge >= 0.3 is 5.97 Å². The van der Waals surface area contributed by atoms with Gasteiger partial charge < -0.3 is 14.2 Å². The third-order valence-corrected chi connectivity index (χ3v) is 4.78. The monoisotopic (exact) mass is 379 g/mol. The molecule has 8 heteroatoms. The second-order valence-electron chi connectivity index (χ2n) is 5.54. The molecule has 1 aliphatic heterocycles. The number of ether oxygens (including phenoxy) is 3. The van der Waals surface area contributed by atoms with Gasteiger partial charge in [-0.15, -0.1) is 0 Å². The average molecular weight is 379 g/mol. The van der Waals surface area contributed by atoms with Gasteiger partial charge in [0.1, 0.15) is 6.04 Å². The van der Waals surface area contributed by atoms with Gasteiger partial charge in [-0.3, -0.25) is 14.5 Å². The Morgan fingerprint density at radius 2 is 1.85 bits per heavy atom. The van der Waals surface area contributed by atoms with E-state index in [9.17, 15) is 14.4 Å². The number of hydrogen-bond donors (Lipinski definition) is 0. The van der Waals surface area contributed by atoms with Gasteiger partial charge in [0.2, 0.25) is 0 Å². The van der Waals surface area contributed by atoms with Crippen LogP contribution in [0.5, 0.6) is 11.5 Å². The van der Waals surface area contributed by atoms with Crippen LogP contribution in [0.1, 0.15) is 25.0 Å². The summed E-state index contributed by atoms with van der Waals surface area (Å²) in [7, 11) is 3.06. The van der Waals surface area contributed by atoms with Crippen LogP contribution in [-0.4, -0.2) is 48.9 Å². The molecule has 140 valence electrons. The summed E-state index contributed by atoms with van der Waals surface area (Å²) >= 11 is 0.791. The minimum atomic E-state index is -0.972. The number of nitrogens with zero attached hydrogens (tertiary/aromatic N) is 1. The quantitative estimate of drug-likeness (QED) is 0.555. The first-order valence-corrected chi connectivity index (χ1v) is 8.82. The largest absolute Gasteiger partial charge is 0.493 e. The van der Waals surface area contributed by atoms with Gasteiger partial charge in [0.25, 0.3) is 11.1 Å². The number of rotatable bonds is 6. The first-order chi connectivity index (χ1) is 12.3. The van der Waals surface area contributed by atoms with Crippen molar-refractivity contribution in [3.8, 4) is 11.5 Å². The zero-order valence-corrected chi connectivity index (χ0v) is 16.1. The number of hydrogen-bond acceptors (Lipinski definition) is 7. The molecular weight excluding hydrogens is 358 g/mol. The highest BCUT2D eigenvalue weighted by atomic mass is 32.2. The van der Waals surface area contributed by atoms with Crippen molar-refractivity contribution in [1.82, 2.24) is 4.90 Å². The standard InChI is InChI=1S/C18H21NO6S/c1-6-25-17(21)11(3)19-16(20)15(26-18(19)22)9-12-8-14(24-5)13(23-4)7-10(12)2/h7-9,11H,6H2,1-5H3/b15-9+/t11-/m0/s1. The van der Waals surface area contributed by atoms with E-state index in [2.05, 4.69) is 0 Å². The van der Waals surface area contributed by atoms with Gasteiger partial charge in [0, 0.05) is 0 Å². The number of carbonyl (C=O) groups excluding carboxylic acids is 3. The number of amides is 2. The van der Waals surface area contributed by atoms with Crippen LogP contribution >= 0.6 is 11.8 Å². The van der Waals surface area contributed by atoms with Gasteiger partial charge in [-0.05, 0) is 61.9 Å². The van der Waals surface area contributed by atoms with Crippen LogP contribution in [0.25, 0.3) is 6.08 Å². The van der Waals surface area contributed by atoms with E-state index < -0.39 is 23.2 Å². The minimum absolute atomic E-state index is 0.181. The van der Waals surface area contributed by atoms with Gasteiger partial charge in [0.05, 0.1) is 25.7 Å². The third kappa shape index (κ3) is 3.85. The maximum absolute atomic E-state index is 12.6. The summed E-state index contributed by atoms with van der Waals surface area (Å²) in [5, 5.41) is -0.500. The smallest absolute Gasteiger partial charge is 0.329 e. The van der Waals surface area contributed by atoms with Crippen LogP contribution in [0.4, 0.5) is 4.79 Å². The van der Waals surface area contributed by atoms with Gasteiger partial charge in [-0.2, -0.15) is 0 Å². The van der Waals surface area contributed by atoms with E-state index in [0.29, 0.717) is 11.5 Å². The van der Waals surface area contributed by atoms with Gasteiger partial charge in [-0.1, -0.05) is 0 Å². The Morgan fingerprint density at radius 3 is 2.42 bits per heavy atom. The SMILES string of the molecule is CCOC(=O)[C@H](C)N1C(=O)S/C(=C/c2cc(OC)c(OC)cc2C)C1=O. The molecule has 0 unspecified atom stereocenters. The van der Waals surface area contributed by atoms with E-state index in [1.54, 1.807) is 32.2 Å². The normalized spacial score (nSPS) is 16.8. The zero-order chi connectivity index (χ0) is 19.4. The first-order valence-electron chi connectivity index (χ1n) is 8.00. The summed E-state index contributed by atoms with van der Waals surface area (Å²) < 4.78 is 15.4. The Balaban J connectivity index is 2.34. The second-order valence-corrected chi connectivity index (χ2v) is 6.54. The molecule has 0 aliphatic carbocycles. The summed E-state index contributed by atoms with van der Waals surface area (Å²) in [6, 6.07) is 2.55. The summed E-state index contributed by atoms with van der Waals surface area (Å²) in [6.07, 6.45) is 1.61. The summed E-state index contributed by atoms with van der Waals surface area (Å²) in [5.74, 6) is -0.0391. The molecule has 0 radical (unpaired) electrons. The number of imide groups is 1. The highest BCUT2D eigenvalue weighted by molar-refractivity contribution is 8.18. The number of esters is 1. The van der Waals surface area contributed by atoms with E-state index in [-0.39, 0.29) is 11.5 Å². The molecular formula is C18H21NO6S. The van der Waals surface area contributed by atoms with Crippen LogP contribution in [0.15, 0.2) is 17.0 Å². The fourth-order valence-corrected chi connectivity index (χ4v) is 3.37. The molecule has 1 aromatic carbocycles. The predicted octanol–water partition coefficient (Wildman–Crippen LogP) is 3.00. The lowest BCUT2D eigenvalue weighted by atomic mass is 10.1. The molecule has 1 fully saturated rings. The van der Waals surface area contributed by atoms with Crippen molar-refractivity contribution in [1.29, 1.82) is 0 Å². The highest BCUT2D eigenvalue weighted by Gasteiger charge is 2.41. The van der Waals surface area contributed by atoms with Gasteiger partial charge in [0.15, 0.2) is 11.5 Å². The van der Waals surface area contributed by atoms with E-state index in [4.69, 9.17) is 14.2 Å². The second kappa shape index (κ2) is 8.27. The number of methoxy groups -OCH3 is 2. The predicted molar refractivity (Wildman–Crippen MR) is 98.2 cm³/mol. The highest BCUT2D eigenvalue weighted by Crippen LogP contribution is 2.36. The van der Waals surface area contributed by atoms with E-state index >= 15 is 0 Å². The summed E-state index contributed by atoms with van der Waals surface area (Å²) in [4.78, 5) is 37.9. The number of carbonyl (C=O) groups is 3. The molecule has 1 aromatic rings. The maximum Gasteiger partial charge on any atom is 0.329 e. The molecule has 0 saturated carbocycles. The van der Waals surface area contributed by atoms with Crippen LogP contribution in [-0.2, 0) is 14.3 Å². The summed E-state index contributed by atoms with van der Waals surface area (Å²) in [6.45, 7) is 5.18. The van der Waals surface area contributed by atoms with Crippen molar-refractivity contribution in [3.63, 3.8) is 0 Å². The Kier molecular flexibility index (Phi) is 6.31. The molecule has 0 bridgehead atoms. The average Bonchev–Trinajstić information content (AvgIpc) is 2.89. The maximum atomic E-state index is 12.6. The minimum Gasteiger partial charge on any atom is -0.493 e. The molecule has 0 N–H and O–H groups in total. The molecule has 1 saturated heterocycles. The van der Waals surface area contributed by atoms with Crippen molar-refractivity contribution in [2.75, 3.05) is 20.8 Å². The van der Waals surface area contributed by atoms with E-state index in [1.165, 1.54) is 14.0 Å². The molecule has 26 heavy (non-hydrogen) atoms. The fraction of sp³-hybridized carbons (Fsp3) is 0.389. The van der Waals surface area contributed by atoms with Crippen LogP contribution < -0.4 is 9.47 Å². The van der Waals surface area contributed by atoms with Crippen molar-refractivity contribution in [2.24, 2.45) is 0 Å². The topological polar surface area (TPSA) is 82.1 Å². The Bertz CT molecular complexity index is 773.